The van der Waals surface area contributed by atoms with Gasteiger partial charge >= 0.3 is 0 Å². The number of nitrogens with zero attached hydrogens (tertiary/aromatic N) is 4. The third-order valence-electron chi connectivity index (χ3n) is 9.40. The van der Waals surface area contributed by atoms with Crippen LogP contribution in [0.15, 0.2) is 24.3 Å². The summed E-state index contributed by atoms with van der Waals surface area (Å²) in [7, 11) is 0. The molecule has 3 heterocycles. The van der Waals surface area contributed by atoms with E-state index >= 15 is 0 Å². The van der Waals surface area contributed by atoms with Crippen LogP contribution in [0, 0.1) is 11.8 Å². The van der Waals surface area contributed by atoms with Crippen LogP contribution in [0.3, 0.4) is 0 Å². The molecule has 36 heavy (non-hydrogen) atoms. The molecule has 0 radical (unpaired) electrons. The van der Waals surface area contributed by atoms with Crippen LogP contribution in [0.4, 0.5) is 5.82 Å². The minimum Gasteiger partial charge on any atom is -0.494 e. The van der Waals surface area contributed by atoms with Gasteiger partial charge in [0.1, 0.15) is 11.6 Å². The van der Waals surface area contributed by atoms with Gasteiger partial charge in [0, 0.05) is 68.1 Å². The van der Waals surface area contributed by atoms with Crippen LogP contribution in [0.2, 0.25) is 0 Å². The molecule has 3 aromatic rings. The highest BCUT2D eigenvalue weighted by atomic mass is 32.1. The lowest BCUT2D eigenvalue weighted by Gasteiger charge is -2.40. The van der Waals surface area contributed by atoms with Crippen molar-refractivity contribution in [3.05, 3.63) is 35.4 Å². The van der Waals surface area contributed by atoms with Gasteiger partial charge in [-0.15, -0.1) is 0 Å². The number of rotatable bonds is 5. The maximum Gasteiger partial charge on any atom is 0.198 e. The van der Waals surface area contributed by atoms with Crippen LogP contribution in [-0.2, 0) is 11.3 Å². The SMILES string of the molecule is O=C1C[C@@H]2C[C@H]1c1c2c(O)n(C[C@@H]2CCCC[C@H]2CN2CCN(c3nsc4ccccc34)CC2)c1O. The molecular formula is C28H34N4O3S. The van der Waals surface area contributed by atoms with E-state index in [4.69, 9.17) is 4.37 Å². The first-order chi connectivity index (χ1) is 17.6. The number of ketones is 1. The third kappa shape index (κ3) is 3.56. The van der Waals surface area contributed by atoms with Gasteiger partial charge in [-0.3, -0.25) is 14.3 Å². The zero-order valence-electron chi connectivity index (χ0n) is 20.6. The second-order valence-corrected chi connectivity index (χ2v) is 12.1. The van der Waals surface area contributed by atoms with Gasteiger partial charge in [-0.25, -0.2) is 0 Å². The molecule has 7 nitrogen and oxygen atoms in total. The van der Waals surface area contributed by atoms with Crippen molar-refractivity contribution in [1.29, 1.82) is 0 Å². The predicted molar refractivity (Wildman–Crippen MR) is 141 cm³/mol. The molecule has 4 atom stereocenters. The number of aromatic nitrogens is 2. The monoisotopic (exact) mass is 506 g/mol. The lowest BCUT2D eigenvalue weighted by atomic mass is 9.78. The molecule has 0 unspecified atom stereocenters. The van der Waals surface area contributed by atoms with Gasteiger partial charge in [0.15, 0.2) is 11.8 Å². The molecule has 1 saturated heterocycles. The average molecular weight is 507 g/mol. The van der Waals surface area contributed by atoms with Crippen LogP contribution < -0.4 is 4.90 Å². The van der Waals surface area contributed by atoms with E-state index in [1.807, 2.05) is 0 Å². The summed E-state index contributed by atoms with van der Waals surface area (Å²) in [5.41, 5.74) is 1.59. The number of benzene rings is 1. The average Bonchev–Trinajstić information content (AvgIpc) is 3.64. The van der Waals surface area contributed by atoms with Gasteiger partial charge in [-0.2, -0.15) is 4.37 Å². The van der Waals surface area contributed by atoms with E-state index in [0.717, 1.165) is 62.5 Å². The van der Waals surface area contributed by atoms with E-state index in [2.05, 4.69) is 34.1 Å². The Balaban J connectivity index is 1.03. The Morgan fingerprint density at radius 3 is 2.47 bits per heavy atom. The molecule has 3 fully saturated rings. The molecule has 190 valence electrons. The van der Waals surface area contributed by atoms with Crippen molar-refractivity contribution in [2.45, 2.75) is 56.9 Å². The fourth-order valence-corrected chi connectivity index (χ4v) is 8.30. The highest BCUT2D eigenvalue weighted by molar-refractivity contribution is 7.13. The number of carbonyl (C=O) groups excluding carboxylic acids is 1. The fraction of sp³-hybridized carbons (Fsp3) is 0.571. The Hall–Kier alpha value is -2.58. The maximum atomic E-state index is 12.3. The lowest BCUT2D eigenvalue weighted by Crippen LogP contribution is -2.49. The van der Waals surface area contributed by atoms with Crippen LogP contribution in [0.1, 0.15) is 61.5 Å². The molecule has 0 amide bonds. The van der Waals surface area contributed by atoms with E-state index in [9.17, 15) is 15.0 Å². The summed E-state index contributed by atoms with van der Waals surface area (Å²) >= 11 is 1.59. The number of carbonyl (C=O) groups is 1. The smallest absolute Gasteiger partial charge is 0.198 e. The minimum atomic E-state index is -0.203. The molecule has 2 bridgehead atoms. The Labute approximate surface area is 215 Å². The zero-order valence-corrected chi connectivity index (χ0v) is 21.4. The lowest BCUT2D eigenvalue weighted by molar-refractivity contribution is -0.118. The second-order valence-electron chi connectivity index (χ2n) is 11.3. The van der Waals surface area contributed by atoms with Gasteiger partial charge in [0.25, 0.3) is 0 Å². The number of hydrogen-bond acceptors (Lipinski definition) is 7. The Bertz CT molecular complexity index is 1310. The highest BCUT2D eigenvalue weighted by Crippen LogP contribution is 2.58. The van der Waals surface area contributed by atoms with Gasteiger partial charge in [-0.1, -0.05) is 25.0 Å². The number of fused-ring (bicyclic) bond motifs is 6. The maximum absolute atomic E-state index is 12.3. The summed E-state index contributed by atoms with van der Waals surface area (Å²) in [6.07, 6.45) is 6.07. The van der Waals surface area contributed by atoms with Gasteiger partial charge in [0.05, 0.1) is 4.70 Å². The largest absolute Gasteiger partial charge is 0.494 e. The Morgan fingerprint density at radius 1 is 0.944 bits per heavy atom. The van der Waals surface area contributed by atoms with E-state index in [-0.39, 0.29) is 29.4 Å². The molecule has 4 aliphatic rings. The van der Waals surface area contributed by atoms with Crippen molar-refractivity contribution in [3.8, 4) is 11.8 Å². The quantitative estimate of drug-likeness (QED) is 0.523. The standard InChI is InChI=1S/C28H34N4O3S/c33-22-14-19-13-21(22)25-24(19)27(34)32(28(25)35)16-18-6-2-1-5-17(18)15-30-9-11-31(12-10-30)26-20-7-3-4-8-23(20)36-29-26/h3-4,7-8,17-19,21,34-35H,1-2,5-6,9-16H2/t17-,18-,19-,21+/m0/s1. The van der Waals surface area contributed by atoms with E-state index in [1.165, 1.54) is 29.3 Å². The van der Waals surface area contributed by atoms with E-state index in [0.29, 0.717) is 24.8 Å². The summed E-state index contributed by atoms with van der Waals surface area (Å²) < 4.78 is 7.74. The molecule has 3 aliphatic carbocycles. The normalized spacial score (nSPS) is 28.3. The molecule has 7 rings (SSSR count). The summed E-state index contributed by atoms with van der Waals surface area (Å²) in [6, 6.07) is 8.50. The van der Waals surface area contributed by atoms with E-state index < -0.39 is 0 Å². The first-order valence-electron chi connectivity index (χ1n) is 13.6. The van der Waals surface area contributed by atoms with Crippen molar-refractivity contribution in [2.75, 3.05) is 37.6 Å². The first kappa shape index (κ1) is 22.6. The molecule has 1 aromatic carbocycles. The van der Waals surface area contributed by atoms with Crippen LogP contribution in [0.25, 0.3) is 10.1 Å². The molecule has 0 spiro atoms. The first-order valence-corrected chi connectivity index (χ1v) is 14.3. The van der Waals surface area contributed by atoms with Gasteiger partial charge in [0.2, 0.25) is 0 Å². The molecular weight excluding hydrogens is 472 g/mol. The number of piperazine rings is 1. The molecule has 1 aliphatic heterocycles. The molecule has 2 saturated carbocycles. The van der Waals surface area contributed by atoms with E-state index in [1.54, 1.807) is 16.1 Å². The third-order valence-corrected chi connectivity index (χ3v) is 10.2. The molecule has 8 heteroatoms. The van der Waals surface area contributed by atoms with Crippen LogP contribution in [-0.4, -0.2) is 62.6 Å². The summed E-state index contributed by atoms with van der Waals surface area (Å²) in [4.78, 5) is 17.3. The second kappa shape index (κ2) is 8.77. The molecule has 2 aromatic heterocycles. The Kier molecular flexibility index (Phi) is 5.51. The number of hydrogen-bond donors (Lipinski definition) is 2. The number of anilines is 1. The van der Waals surface area contributed by atoms with Crippen molar-refractivity contribution >= 4 is 33.2 Å². The van der Waals surface area contributed by atoms with Crippen molar-refractivity contribution < 1.29 is 15.0 Å². The summed E-state index contributed by atoms with van der Waals surface area (Å²) in [5, 5.41) is 23.3. The van der Waals surface area contributed by atoms with Crippen molar-refractivity contribution in [1.82, 2.24) is 13.8 Å². The predicted octanol–water partition coefficient (Wildman–Crippen LogP) is 4.68. The van der Waals surface area contributed by atoms with Crippen molar-refractivity contribution in [2.24, 2.45) is 11.8 Å². The number of aromatic hydroxyl groups is 2. The number of Topliss-reactive ketones (excluding diaryl/α,β-unsaturated/α-hetero) is 1. The topological polar surface area (TPSA) is 81.8 Å². The zero-order chi connectivity index (χ0) is 24.4. The fourth-order valence-electron chi connectivity index (χ4n) is 7.51. The highest BCUT2D eigenvalue weighted by Gasteiger charge is 2.49. The summed E-state index contributed by atoms with van der Waals surface area (Å²) in [5.74, 6) is 2.60. The van der Waals surface area contributed by atoms with Gasteiger partial charge < -0.3 is 15.1 Å². The molecule has 2 N–H and O–H groups in total. The summed E-state index contributed by atoms with van der Waals surface area (Å²) in [6.45, 7) is 5.78. The van der Waals surface area contributed by atoms with Gasteiger partial charge in [-0.05, 0) is 60.7 Å². The van der Waals surface area contributed by atoms with Crippen molar-refractivity contribution in [3.63, 3.8) is 0 Å². The minimum absolute atomic E-state index is 0.0953. The van der Waals surface area contributed by atoms with Crippen LogP contribution >= 0.6 is 11.5 Å². The Morgan fingerprint density at radius 2 is 1.67 bits per heavy atom. The van der Waals surface area contributed by atoms with Crippen LogP contribution in [0.5, 0.6) is 11.8 Å².